The van der Waals surface area contributed by atoms with E-state index in [-0.39, 0.29) is 12.1 Å². The predicted molar refractivity (Wildman–Crippen MR) is 83.1 cm³/mol. The van der Waals surface area contributed by atoms with Gasteiger partial charge in [0.1, 0.15) is 0 Å². The van der Waals surface area contributed by atoms with Gasteiger partial charge in [-0.15, -0.1) is 0 Å². The first kappa shape index (κ1) is 15.0. The molecule has 0 spiro atoms. The molecule has 20 heavy (non-hydrogen) atoms. The Morgan fingerprint density at radius 3 is 2.25 bits per heavy atom. The smallest absolute Gasteiger partial charge is 0.253 e. The first-order chi connectivity index (χ1) is 9.50. The summed E-state index contributed by atoms with van der Waals surface area (Å²) in [6.45, 7) is 9.57. The Morgan fingerprint density at radius 2 is 1.80 bits per heavy atom. The van der Waals surface area contributed by atoms with Crippen molar-refractivity contribution in [1.29, 1.82) is 0 Å². The van der Waals surface area contributed by atoms with Gasteiger partial charge in [0.2, 0.25) is 0 Å². The van der Waals surface area contributed by atoms with Crippen molar-refractivity contribution in [2.45, 2.75) is 58.5 Å². The van der Waals surface area contributed by atoms with E-state index in [1.807, 2.05) is 0 Å². The van der Waals surface area contributed by atoms with Gasteiger partial charge in [-0.3, -0.25) is 10.1 Å². The quantitative estimate of drug-likeness (QED) is 0.884. The lowest BCUT2D eigenvalue weighted by Gasteiger charge is -2.21. The Balaban J connectivity index is 2.33. The molecule has 1 amide bonds. The van der Waals surface area contributed by atoms with E-state index in [2.05, 4.69) is 56.5 Å². The third kappa shape index (κ3) is 3.21. The van der Waals surface area contributed by atoms with Crippen molar-refractivity contribution < 1.29 is 4.79 Å². The summed E-state index contributed by atoms with van der Waals surface area (Å²) in [5, 5.41) is 6.46. The van der Waals surface area contributed by atoms with Gasteiger partial charge < -0.3 is 5.32 Å². The van der Waals surface area contributed by atoms with Crippen LogP contribution in [0.4, 0.5) is 0 Å². The fourth-order valence-corrected chi connectivity index (χ4v) is 2.85. The van der Waals surface area contributed by atoms with E-state index in [9.17, 15) is 4.79 Å². The number of hydrogen-bond donors (Lipinski definition) is 2. The third-order valence-corrected chi connectivity index (χ3v) is 3.97. The topological polar surface area (TPSA) is 41.1 Å². The molecule has 0 aliphatic carbocycles. The van der Waals surface area contributed by atoms with Crippen LogP contribution in [0.3, 0.4) is 0 Å². The van der Waals surface area contributed by atoms with Gasteiger partial charge in [-0.25, -0.2) is 0 Å². The van der Waals surface area contributed by atoms with Crippen LogP contribution in [0.25, 0.3) is 0 Å². The lowest BCUT2D eigenvalue weighted by molar-refractivity contribution is 0.0931. The molecular weight excluding hydrogens is 248 g/mol. The van der Waals surface area contributed by atoms with Crippen LogP contribution < -0.4 is 10.6 Å². The van der Waals surface area contributed by atoms with Crippen LogP contribution in [0.2, 0.25) is 0 Å². The highest BCUT2D eigenvalue weighted by Crippen LogP contribution is 2.27. The zero-order valence-corrected chi connectivity index (χ0v) is 13.0. The summed E-state index contributed by atoms with van der Waals surface area (Å²) in [5.41, 5.74) is 3.17. The first-order valence-electron chi connectivity index (χ1n) is 7.67. The monoisotopic (exact) mass is 274 g/mol. The largest absolute Gasteiger partial charge is 0.337 e. The molecule has 110 valence electrons. The maximum atomic E-state index is 12.7. The van der Waals surface area contributed by atoms with Gasteiger partial charge in [0.25, 0.3) is 5.91 Å². The molecular formula is C17H26N2O. The van der Waals surface area contributed by atoms with E-state index in [4.69, 9.17) is 0 Å². The van der Waals surface area contributed by atoms with Gasteiger partial charge in [-0.05, 0) is 42.3 Å². The van der Waals surface area contributed by atoms with E-state index in [1.165, 1.54) is 0 Å². The first-order valence-corrected chi connectivity index (χ1v) is 7.67. The Kier molecular flexibility index (Phi) is 4.81. The molecule has 0 saturated carbocycles. The van der Waals surface area contributed by atoms with Crippen molar-refractivity contribution in [1.82, 2.24) is 10.6 Å². The predicted octanol–water partition coefficient (Wildman–Crippen LogP) is 3.37. The number of hydrogen-bond acceptors (Lipinski definition) is 2. The van der Waals surface area contributed by atoms with Crippen molar-refractivity contribution in [2.24, 2.45) is 0 Å². The average Bonchev–Trinajstić information content (AvgIpc) is 2.90. The third-order valence-electron chi connectivity index (χ3n) is 3.97. The Morgan fingerprint density at radius 1 is 1.20 bits per heavy atom. The zero-order chi connectivity index (χ0) is 14.7. The molecule has 1 aliphatic heterocycles. The van der Waals surface area contributed by atoms with Gasteiger partial charge in [-0.2, -0.15) is 0 Å². The van der Waals surface area contributed by atoms with Crippen molar-refractivity contribution >= 4 is 5.91 Å². The molecule has 1 aromatic rings. The second-order valence-electron chi connectivity index (χ2n) is 6.24. The number of rotatable bonds is 4. The van der Waals surface area contributed by atoms with Crippen LogP contribution in [0.5, 0.6) is 0 Å². The van der Waals surface area contributed by atoms with Gasteiger partial charge in [0.05, 0.1) is 6.17 Å². The minimum Gasteiger partial charge on any atom is -0.337 e. The molecule has 1 saturated heterocycles. The summed E-state index contributed by atoms with van der Waals surface area (Å²) in [5.74, 6) is 0.773. The molecule has 2 N–H and O–H groups in total. The average molecular weight is 274 g/mol. The molecule has 3 nitrogen and oxygen atoms in total. The summed E-state index contributed by atoms with van der Waals surface area (Å²) in [6.07, 6.45) is 2.28. The number of carbonyl (C=O) groups excluding carboxylic acids is 1. The fourth-order valence-electron chi connectivity index (χ4n) is 2.85. The van der Waals surface area contributed by atoms with Gasteiger partial charge in [0.15, 0.2) is 0 Å². The number of nitrogens with one attached hydrogen (secondary N) is 2. The zero-order valence-electron chi connectivity index (χ0n) is 13.0. The molecule has 1 heterocycles. The SMILES string of the molecule is CC(C)c1cccc(C(C)C)c1C(=O)N[C@H]1CCCN1. The number of carbonyl (C=O) groups is 1. The lowest BCUT2D eigenvalue weighted by atomic mass is 9.88. The molecule has 1 fully saturated rings. The second kappa shape index (κ2) is 6.40. The van der Waals surface area contributed by atoms with Crippen LogP contribution in [0.15, 0.2) is 18.2 Å². The van der Waals surface area contributed by atoms with Crippen molar-refractivity contribution in [3.8, 4) is 0 Å². The van der Waals surface area contributed by atoms with E-state index < -0.39 is 0 Å². The fraction of sp³-hybridized carbons (Fsp3) is 0.588. The molecule has 2 rings (SSSR count). The summed E-state index contributed by atoms with van der Waals surface area (Å²) in [6, 6.07) is 6.22. The van der Waals surface area contributed by atoms with Crippen LogP contribution in [-0.4, -0.2) is 18.6 Å². The van der Waals surface area contributed by atoms with Gasteiger partial charge in [0, 0.05) is 5.56 Å². The standard InChI is InChI=1S/C17H26N2O/c1-11(2)13-7-5-8-14(12(3)4)16(13)17(20)19-15-9-6-10-18-15/h5,7-8,11-12,15,18H,6,9-10H2,1-4H3,(H,19,20)/t15-/m0/s1. The Labute approximate surface area is 122 Å². The highest BCUT2D eigenvalue weighted by atomic mass is 16.1. The molecule has 1 aliphatic rings. The van der Waals surface area contributed by atoms with Gasteiger partial charge in [-0.1, -0.05) is 45.9 Å². The van der Waals surface area contributed by atoms with Crippen LogP contribution in [0, 0.1) is 0 Å². The summed E-state index contributed by atoms with van der Waals surface area (Å²) in [7, 11) is 0. The Hall–Kier alpha value is -1.35. The highest BCUT2D eigenvalue weighted by Gasteiger charge is 2.23. The maximum Gasteiger partial charge on any atom is 0.253 e. The summed E-state index contributed by atoms with van der Waals surface area (Å²) < 4.78 is 0. The van der Waals surface area contributed by atoms with Crippen LogP contribution >= 0.6 is 0 Å². The molecule has 3 heteroatoms. The molecule has 0 radical (unpaired) electrons. The summed E-state index contributed by atoms with van der Waals surface area (Å²) in [4.78, 5) is 12.7. The maximum absolute atomic E-state index is 12.7. The second-order valence-corrected chi connectivity index (χ2v) is 6.24. The van der Waals surface area contributed by atoms with E-state index in [0.717, 1.165) is 36.1 Å². The van der Waals surface area contributed by atoms with Crippen LogP contribution in [0.1, 0.15) is 73.9 Å². The highest BCUT2D eigenvalue weighted by molar-refractivity contribution is 5.97. The van der Waals surface area contributed by atoms with E-state index >= 15 is 0 Å². The van der Waals surface area contributed by atoms with E-state index in [0.29, 0.717) is 11.8 Å². The van der Waals surface area contributed by atoms with Crippen LogP contribution in [-0.2, 0) is 0 Å². The number of benzene rings is 1. The Bertz CT molecular complexity index is 448. The minimum atomic E-state index is 0.0670. The normalized spacial score (nSPS) is 18.8. The molecule has 0 aromatic heterocycles. The van der Waals surface area contributed by atoms with Gasteiger partial charge >= 0.3 is 0 Å². The molecule has 1 aromatic carbocycles. The summed E-state index contributed by atoms with van der Waals surface area (Å²) >= 11 is 0. The molecule has 0 bridgehead atoms. The minimum absolute atomic E-state index is 0.0670. The number of amides is 1. The molecule has 0 unspecified atom stereocenters. The van der Waals surface area contributed by atoms with E-state index in [1.54, 1.807) is 0 Å². The van der Waals surface area contributed by atoms with Crippen molar-refractivity contribution in [2.75, 3.05) is 6.54 Å². The van der Waals surface area contributed by atoms with Crippen molar-refractivity contribution in [3.05, 3.63) is 34.9 Å². The molecule has 1 atom stereocenters. The van der Waals surface area contributed by atoms with Crippen molar-refractivity contribution in [3.63, 3.8) is 0 Å². The lowest BCUT2D eigenvalue weighted by Crippen LogP contribution is -2.42.